The van der Waals surface area contributed by atoms with Gasteiger partial charge in [-0.2, -0.15) is 0 Å². The largest absolute Gasteiger partial charge is 0.459 e. The third-order valence-corrected chi connectivity index (χ3v) is 5.68. The van der Waals surface area contributed by atoms with Crippen LogP contribution in [0.3, 0.4) is 0 Å². The van der Waals surface area contributed by atoms with Crippen molar-refractivity contribution in [3.05, 3.63) is 35.6 Å². The quantitative estimate of drug-likeness (QED) is 0.425. The molecule has 0 saturated carbocycles. The summed E-state index contributed by atoms with van der Waals surface area (Å²) in [4.78, 5) is 9.54. The highest BCUT2D eigenvalue weighted by Crippen LogP contribution is 2.25. The van der Waals surface area contributed by atoms with Crippen molar-refractivity contribution in [3.8, 4) is 0 Å². The van der Waals surface area contributed by atoms with Gasteiger partial charge in [0.15, 0.2) is 5.96 Å². The zero-order valence-corrected chi connectivity index (χ0v) is 18.0. The van der Waals surface area contributed by atoms with Gasteiger partial charge in [0.1, 0.15) is 11.3 Å². The van der Waals surface area contributed by atoms with E-state index in [-0.39, 0.29) is 24.0 Å². The van der Waals surface area contributed by atoms with Crippen molar-refractivity contribution in [2.75, 3.05) is 33.2 Å². The number of aryl methyl sites for hydroxylation is 1. The van der Waals surface area contributed by atoms with Crippen molar-refractivity contribution < 1.29 is 4.42 Å². The zero-order valence-electron chi connectivity index (χ0n) is 15.7. The van der Waals surface area contributed by atoms with Crippen LogP contribution in [0.1, 0.15) is 30.6 Å². The van der Waals surface area contributed by atoms with Gasteiger partial charge in [-0.25, -0.2) is 0 Å². The number of hydrogen-bond donors (Lipinski definition) is 1. The molecule has 6 heteroatoms. The average molecular weight is 468 g/mol. The maximum absolute atomic E-state index is 6.01. The Balaban J connectivity index is 0.00000196. The lowest BCUT2D eigenvalue weighted by Crippen LogP contribution is -2.42. The van der Waals surface area contributed by atoms with Crippen molar-refractivity contribution in [2.24, 2.45) is 4.99 Å². The summed E-state index contributed by atoms with van der Waals surface area (Å²) in [5, 5.41) is 4.70. The third kappa shape index (κ3) is 3.86. The molecule has 2 saturated heterocycles. The highest BCUT2D eigenvalue weighted by molar-refractivity contribution is 14.0. The lowest BCUT2D eigenvalue weighted by Gasteiger charge is -2.25. The van der Waals surface area contributed by atoms with Crippen LogP contribution in [-0.4, -0.2) is 55.0 Å². The number of hydrogen-bond acceptors (Lipinski definition) is 3. The van der Waals surface area contributed by atoms with Gasteiger partial charge in [-0.15, -0.1) is 24.0 Å². The Morgan fingerprint density at radius 2 is 2.00 bits per heavy atom. The van der Waals surface area contributed by atoms with Crippen molar-refractivity contribution in [3.63, 3.8) is 0 Å². The monoisotopic (exact) mass is 468 g/mol. The first-order chi connectivity index (χ1) is 12.3. The van der Waals surface area contributed by atoms with E-state index in [4.69, 9.17) is 4.42 Å². The number of fused-ring (bicyclic) bond motifs is 1. The van der Waals surface area contributed by atoms with Crippen LogP contribution in [0.15, 0.2) is 33.7 Å². The van der Waals surface area contributed by atoms with E-state index >= 15 is 0 Å². The summed E-state index contributed by atoms with van der Waals surface area (Å²) in [5.74, 6) is 1.99. The van der Waals surface area contributed by atoms with E-state index in [1.54, 1.807) is 0 Å². The first-order valence-corrected chi connectivity index (χ1v) is 9.43. The van der Waals surface area contributed by atoms with Crippen molar-refractivity contribution in [1.82, 2.24) is 15.1 Å². The summed E-state index contributed by atoms with van der Waals surface area (Å²) in [6.07, 6.45) is 3.95. The number of aliphatic imine (C=N–C) groups is 1. The smallest absolute Gasteiger partial charge is 0.194 e. The zero-order chi connectivity index (χ0) is 17.2. The minimum atomic E-state index is 0. The van der Waals surface area contributed by atoms with Crippen molar-refractivity contribution in [2.45, 2.75) is 38.8 Å². The average Bonchev–Trinajstić information content (AvgIpc) is 3.36. The van der Waals surface area contributed by atoms with Crippen LogP contribution in [0.2, 0.25) is 0 Å². The number of likely N-dealkylation sites (tertiary alicyclic amines) is 2. The molecule has 0 bridgehead atoms. The number of furan rings is 1. The van der Waals surface area contributed by atoms with Crippen LogP contribution in [0, 0.1) is 6.92 Å². The van der Waals surface area contributed by atoms with Crippen LogP contribution in [0.5, 0.6) is 0 Å². The molecule has 2 fully saturated rings. The van der Waals surface area contributed by atoms with Gasteiger partial charge in [-0.1, -0.05) is 18.2 Å². The summed E-state index contributed by atoms with van der Waals surface area (Å²) >= 11 is 0. The molecule has 1 N–H and O–H groups in total. The molecule has 26 heavy (non-hydrogen) atoms. The molecular weight excluding hydrogens is 439 g/mol. The number of halogens is 1. The molecule has 2 aromatic rings. The molecule has 142 valence electrons. The molecule has 4 rings (SSSR count). The van der Waals surface area contributed by atoms with Crippen LogP contribution in [0.4, 0.5) is 0 Å². The summed E-state index contributed by atoms with van der Waals surface area (Å²) in [6.45, 7) is 7.51. The Hall–Kier alpha value is -1.28. The van der Waals surface area contributed by atoms with Crippen molar-refractivity contribution in [1.29, 1.82) is 0 Å². The topological polar surface area (TPSA) is 44.0 Å². The van der Waals surface area contributed by atoms with Crippen LogP contribution < -0.4 is 5.32 Å². The standard InChI is InChI=1S/C20H28N4O.HI/c1-15-17-7-3-4-8-18(17)25-19(15)13-22-20(21-2)24-12-9-16(14-24)23-10-5-6-11-23;/h3-4,7-8,16H,5-6,9-14H2,1-2H3,(H,21,22);1H. The Morgan fingerprint density at radius 3 is 2.73 bits per heavy atom. The lowest BCUT2D eigenvalue weighted by atomic mass is 10.1. The number of rotatable bonds is 3. The fraction of sp³-hybridized carbons (Fsp3) is 0.550. The van der Waals surface area contributed by atoms with E-state index in [9.17, 15) is 0 Å². The summed E-state index contributed by atoms with van der Waals surface area (Å²) in [5.41, 5.74) is 2.18. The summed E-state index contributed by atoms with van der Waals surface area (Å²) < 4.78 is 6.01. The summed E-state index contributed by atoms with van der Waals surface area (Å²) in [6, 6.07) is 8.91. The molecule has 1 aromatic carbocycles. The van der Waals surface area contributed by atoms with E-state index in [1.807, 2.05) is 19.2 Å². The minimum Gasteiger partial charge on any atom is -0.459 e. The molecule has 2 aliphatic rings. The molecule has 1 atom stereocenters. The Kier molecular flexibility index (Phi) is 6.45. The number of nitrogens with one attached hydrogen (secondary N) is 1. The van der Waals surface area contributed by atoms with Gasteiger partial charge in [0.25, 0.3) is 0 Å². The predicted octanol–water partition coefficient (Wildman–Crippen LogP) is 3.60. The second kappa shape index (κ2) is 8.61. The third-order valence-electron chi connectivity index (χ3n) is 5.68. The van der Waals surface area contributed by atoms with Gasteiger partial charge in [-0.05, 0) is 45.3 Å². The van der Waals surface area contributed by atoms with Gasteiger partial charge in [0.05, 0.1) is 6.54 Å². The maximum atomic E-state index is 6.01. The van der Waals surface area contributed by atoms with Crippen molar-refractivity contribution >= 4 is 40.9 Å². The Labute approximate surface area is 172 Å². The molecule has 3 heterocycles. The molecule has 2 aliphatic heterocycles. The number of para-hydroxylation sites is 1. The fourth-order valence-corrected chi connectivity index (χ4v) is 4.22. The van der Waals surface area contributed by atoms with E-state index in [0.29, 0.717) is 12.6 Å². The summed E-state index contributed by atoms with van der Waals surface area (Å²) in [7, 11) is 1.87. The first kappa shape index (κ1) is 19.5. The normalized spacial score (nSPS) is 21.4. The molecule has 1 aromatic heterocycles. The molecule has 0 amide bonds. The minimum absolute atomic E-state index is 0. The van der Waals surface area contributed by atoms with Gasteiger partial charge >= 0.3 is 0 Å². The Morgan fingerprint density at radius 1 is 1.23 bits per heavy atom. The maximum Gasteiger partial charge on any atom is 0.194 e. The van der Waals surface area contributed by atoms with Crippen LogP contribution in [-0.2, 0) is 6.54 Å². The molecule has 5 nitrogen and oxygen atoms in total. The molecule has 1 unspecified atom stereocenters. The van der Waals surface area contributed by atoms with E-state index in [1.165, 1.54) is 43.3 Å². The SMILES string of the molecule is CN=C(NCc1oc2ccccc2c1C)N1CCC(N2CCCC2)C1.I. The number of guanidine groups is 1. The lowest BCUT2D eigenvalue weighted by molar-refractivity contribution is 0.249. The highest BCUT2D eigenvalue weighted by Gasteiger charge is 2.30. The second-order valence-corrected chi connectivity index (χ2v) is 7.18. The van der Waals surface area contributed by atoms with Crippen LogP contribution >= 0.6 is 24.0 Å². The second-order valence-electron chi connectivity index (χ2n) is 7.18. The highest BCUT2D eigenvalue weighted by atomic mass is 127. The molecule has 0 radical (unpaired) electrons. The predicted molar refractivity (Wildman–Crippen MR) is 117 cm³/mol. The number of nitrogens with zero attached hydrogens (tertiary/aromatic N) is 3. The number of benzene rings is 1. The Bertz CT molecular complexity index is 766. The molecule has 0 aliphatic carbocycles. The van der Waals surface area contributed by atoms with Gasteiger partial charge in [0, 0.05) is 37.1 Å². The van der Waals surface area contributed by atoms with Gasteiger partial charge < -0.3 is 14.6 Å². The molecule has 0 spiro atoms. The van der Waals surface area contributed by atoms with E-state index in [2.05, 4.69) is 39.2 Å². The first-order valence-electron chi connectivity index (χ1n) is 9.43. The van der Waals surface area contributed by atoms with E-state index < -0.39 is 0 Å². The molecular formula is C20H29IN4O. The van der Waals surface area contributed by atoms with Crippen LogP contribution in [0.25, 0.3) is 11.0 Å². The van der Waals surface area contributed by atoms with Gasteiger partial charge in [-0.3, -0.25) is 9.89 Å². The van der Waals surface area contributed by atoms with E-state index in [0.717, 1.165) is 30.4 Å². The fourth-order valence-electron chi connectivity index (χ4n) is 4.22. The van der Waals surface area contributed by atoms with Gasteiger partial charge in [0.2, 0.25) is 0 Å².